The summed E-state index contributed by atoms with van der Waals surface area (Å²) in [6, 6.07) is 13.7. The largest absolute Gasteiger partial charge is 0.493 e. The minimum Gasteiger partial charge on any atom is -0.493 e. The van der Waals surface area contributed by atoms with Gasteiger partial charge in [0.25, 0.3) is 0 Å². The van der Waals surface area contributed by atoms with Crippen molar-refractivity contribution in [3.8, 4) is 11.5 Å². The lowest BCUT2D eigenvalue weighted by molar-refractivity contribution is 0.355. The predicted octanol–water partition coefficient (Wildman–Crippen LogP) is 2.88. The molecule has 0 radical (unpaired) electrons. The number of hydrogen-bond acceptors (Lipinski definition) is 4. The van der Waals surface area contributed by atoms with Gasteiger partial charge in [-0.2, -0.15) is 0 Å². The predicted molar refractivity (Wildman–Crippen MR) is 106 cm³/mol. The number of rotatable bonds is 7. The van der Waals surface area contributed by atoms with Crippen LogP contribution >= 0.6 is 0 Å². The minimum atomic E-state index is 0.335. The molecule has 0 saturated heterocycles. The first-order chi connectivity index (χ1) is 13.2. The van der Waals surface area contributed by atoms with Crippen molar-refractivity contribution in [1.82, 2.24) is 9.55 Å². The molecule has 0 aliphatic heterocycles. The molecular weight excluding hydrogens is 342 g/mol. The van der Waals surface area contributed by atoms with Gasteiger partial charge in [0, 0.05) is 30.7 Å². The highest BCUT2D eigenvalue weighted by Crippen LogP contribution is 2.29. The molecule has 3 N–H and O–H groups in total. The second kappa shape index (κ2) is 8.75. The van der Waals surface area contributed by atoms with E-state index in [0.29, 0.717) is 24.0 Å². The molecule has 3 aromatic rings. The second-order valence-corrected chi connectivity index (χ2v) is 5.95. The van der Waals surface area contributed by atoms with Crippen molar-refractivity contribution >= 4 is 11.6 Å². The maximum absolute atomic E-state index is 6.02. The van der Waals surface area contributed by atoms with Crippen LogP contribution in [0.4, 0.5) is 5.69 Å². The van der Waals surface area contributed by atoms with Gasteiger partial charge in [-0.15, -0.1) is 0 Å². The van der Waals surface area contributed by atoms with Crippen LogP contribution in [0.5, 0.6) is 11.5 Å². The third kappa shape index (κ3) is 5.01. The Balaban J connectivity index is 1.63. The Bertz CT molecular complexity index is 906. The maximum atomic E-state index is 6.02. The number of methoxy groups -OCH3 is 2. The molecule has 0 fully saturated rings. The van der Waals surface area contributed by atoms with Gasteiger partial charge in [-0.1, -0.05) is 24.3 Å². The molecule has 1 heterocycles. The van der Waals surface area contributed by atoms with Crippen molar-refractivity contribution in [2.45, 2.75) is 13.1 Å². The summed E-state index contributed by atoms with van der Waals surface area (Å²) in [4.78, 5) is 8.48. The number of aliphatic imine (C=N–C) groups is 1. The molecule has 0 aliphatic rings. The fraction of sp³-hybridized carbons (Fsp3) is 0.200. The summed E-state index contributed by atoms with van der Waals surface area (Å²) in [7, 11) is 3.19. The van der Waals surface area contributed by atoms with Crippen molar-refractivity contribution in [1.29, 1.82) is 0 Å². The van der Waals surface area contributed by atoms with Crippen molar-refractivity contribution in [2.24, 2.45) is 10.7 Å². The Hall–Kier alpha value is -3.48. The highest BCUT2D eigenvalue weighted by molar-refractivity contribution is 5.92. The number of nitrogens with two attached hydrogens (primary N) is 1. The quantitative estimate of drug-likeness (QED) is 0.497. The number of imidazole rings is 1. The van der Waals surface area contributed by atoms with Crippen molar-refractivity contribution < 1.29 is 9.47 Å². The number of anilines is 1. The molecule has 0 unspecified atom stereocenters. The topological polar surface area (TPSA) is 86.7 Å². The molecule has 140 valence electrons. The fourth-order valence-corrected chi connectivity index (χ4v) is 2.70. The first-order valence-electron chi connectivity index (χ1n) is 8.50. The fourth-order valence-electron chi connectivity index (χ4n) is 2.70. The molecule has 3 rings (SSSR count). The van der Waals surface area contributed by atoms with E-state index in [0.717, 1.165) is 17.8 Å². The monoisotopic (exact) mass is 365 g/mol. The molecule has 0 saturated carbocycles. The molecule has 0 bridgehead atoms. The van der Waals surface area contributed by atoms with Gasteiger partial charge in [0.2, 0.25) is 0 Å². The lowest BCUT2D eigenvalue weighted by Gasteiger charge is -2.11. The van der Waals surface area contributed by atoms with E-state index in [-0.39, 0.29) is 0 Å². The Morgan fingerprint density at radius 1 is 1.11 bits per heavy atom. The van der Waals surface area contributed by atoms with Crippen LogP contribution in [0.3, 0.4) is 0 Å². The molecule has 7 heteroatoms. The molecule has 27 heavy (non-hydrogen) atoms. The summed E-state index contributed by atoms with van der Waals surface area (Å²) in [6.07, 6.45) is 5.51. The number of hydrogen-bond donors (Lipinski definition) is 2. The highest BCUT2D eigenvalue weighted by Gasteiger charge is 2.05. The lowest BCUT2D eigenvalue weighted by atomic mass is 10.1. The Morgan fingerprint density at radius 3 is 2.67 bits per heavy atom. The molecule has 0 aliphatic carbocycles. The SMILES string of the molecule is COc1ccc(NC(N)=NCc2cccc(Cn3ccnc3)c2)cc1OC. The van der Waals surface area contributed by atoms with E-state index in [1.165, 1.54) is 5.56 Å². The van der Waals surface area contributed by atoms with Crippen LogP contribution in [0.15, 0.2) is 66.2 Å². The van der Waals surface area contributed by atoms with Gasteiger partial charge in [0.05, 0.1) is 27.1 Å². The number of benzene rings is 2. The van der Waals surface area contributed by atoms with Crippen molar-refractivity contribution in [2.75, 3.05) is 19.5 Å². The molecular formula is C20H23N5O2. The first-order valence-corrected chi connectivity index (χ1v) is 8.50. The average molecular weight is 365 g/mol. The van der Waals surface area contributed by atoms with Crippen LogP contribution < -0.4 is 20.5 Å². The van der Waals surface area contributed by atoms with Crippen LogP contribution in [0.2, 0.25) is 0 Å². The molecule has 1 aromatic heterocycles. The maximum Gasteiger partial charge on any atom is 0.193 e. The molecule has 0 spiro atoms. The number of guanidine groups is 1. The van der Waals surface area contributed by atoms with Gasteiger partial charge < -0.3 is 25.1 Å². The third-order valence-electron chi connectivity index (χ3n) is 4.00. The molecule has 0 atom stereocenters. The van der Waals surface area contributed by atoms with E-state index >= 15 is 0 Å². The van der Waals surface area contributed by atoms with E-state index in [1.807, 2.05) is 41.1 Å². The Kier molecular flexibility index (Phi) is 5.94. The first kappa shape index (κ1) is 18.3. The van der Waals surface area contributed by atoms with Crippen LogP contribution in [-0.4, -0.2) is 29.7 Å². The van der Waals surface area contributed by atoms with E-state index in [2.05, 4.69) is 27.4 Å². The zero-order valence-corrected chi connectivity index (χ0v) is 15.4. The van der Waals surface area contributed by atoms with Gasteiger partial charge in [0.15, 0.2) is 17.5 Å². The van der Waals surface area contributed by atoms with E-state index < -0.39 is 0 Å². The number of nitrogens with one attached hydrogen (secondary N) is 1. The summed E-state index contributed by atoms with van der Waals surface area (Å²) in [5.41, 5.74) is 9.07. The zero-order chi connectivity index (χ0) is 19.1. The lowest BCUT2D eigenvalue weighted by Crippen LogP contribution is -2.22. The summed E-state index contributed by atoms with van der Waals surface area (Å²) in [6.45, 7) is 1.26. The smallest absolute Gasteiger partial charge is 0.193 e. The van der Waals surface area contributed by atoms with Gasteiger partial charge in [-0.05, 0) is 23.3 Å². The number of nitrogens with zero attached hydrogens (tertiary/aromatic N) is 3. The molecule has 0 amide bonds. The van der Waals surface area contributed by atoms with E-state index in [4.69, 9.17) is 15.2 Å². The summed E-state index contributed by atoms with van der Waals surface area (Å²) in [5.74, 6) is 1.62. The normalized spacial score (nSPS) is 11.3. The van der Waals surface area contributed by atoms with Crippen LogP contribution in [0, 0.1) is 0 Å². The van der Waals surface area contributed by atoms with Gasteiger partial charge in [-0.3, -0.25) is 0 Å². The highest BCUT2D eigenvalue weighted by atomic mass is 16.5. The second-order valence-electron chi connectivity index (χ2n) is 5.95. The van der Waals surface area contributed by atoms with E-state index in [1.54, 1.807) is 26.7 Å². The summed E-state index contributed by atoms with van der Waals surface area (Å²) in [5, 5.41) is 3.07. The van der Waals surface area contributed by atoms with Crippen LogP contribution in [-0.2, 0) is 13.1 Å². The Morgan fingerprint density at radius 2 is 1.93 bits per heavy atom. The van der Waals surface area contributed by atoms with Crippen molar-refractivity contribution in [3.05, 3.63) is 72.3 Å². The Labute approximate surface area is 158 Å². The van der Waals surface area contributed by atoms with E-state index in [9.17, 15) is 0 Å². The zero-order valence-electron chi connectivity index (χ0n) is 15.4. The standard InChI is InChI=1S/C20H23N5O2/c1-26-18-7-6-17(11-19(18)27-2)24-20(21)23-12-15-4-3-5-16(10-15)13-25-9-8-22-14-25/h3-11,14H,12-13H2,1-2H3,(H3,21,23,24). The molecule has 7 nitrogen and oxygen atoms in total. The van der Waals surface area contributed by atoms with Crippen molar-refractivity contribution in [3.63, 3.8) is 0 Å². The summed E-state index contributed by atoms with van der Waals surface area (Å²) < 4.78 is 12.5. The van der Waals surface area contributed by atoms with Gasteiger partial charge >= 0.3 is 0 Å². The van der Waals surface area contributed by atoms with Gasteiger partial charge in [-0.25, -0.2) is 9.98 Å². The average Bonchev–Trinajstić information content (AvgIpc) is 3.19. The minimum absolute atomic E-state index is 0.335. The third-order valence-corrected chi connectivity index (χ3v) is 4.00. The van der Waals surface area contributed by atoms with Gasteiger partial charge in [0.1, 0.15) is 0 Å². The summed E-state index contributed by atoms with van der Waals surface area (Å²) >= 11 is 0. The number of ether oxygens (including phenoxy) is 2. The number of aromatic nitrogens is 2. The molecule has 2 aromatic carbocycles. The van der Waals surface area contributed by atoms with Crippen LogP contribution in [0.1, 0.15) is 11.1 Å². The van der Waals surface area contributed by atoms with Crippen LogP contribution in [0.25, 0.3) is 0 Å².